The number of aromatic nitrogens is 1. The highest BCUT2D eigenvalue weighted by atomic mass is 79.9. The Balaban J connectivity index is 1.90. The van der Waals surface area contributed by atoms with Crippen LogP contribution in [-0.2, 0) is 6.54 Å². The van der Waals surface area contributed by atoms with Gasteiger partial charge >= 0.3 is 0 Å². The number of pyridine rings is 1. The van der Waals surface area contributed by atoms with Crippen molar-refractivity contribution in [2.75, 3.05) is 5.32 Å². The molecule has 1 heterocycles. The van der Waals surface area contributed by atoms with E-state index in [1.807, 2.05) is 36.5 Å². The number of benzene rings is 2. The molecule has 0 aliphatic rings. The molecule has 0 amide bonds. The third-order valence-electron chi connectivity index (χ3n) is 3.20. The first kappa shape index (κ1) is 14.8. The fourth-order valence-electron chi connectivity index (χ4n) is 2.16. The van der Waals surface area contributed by atoms with Gasteiger partial charge < -0.3 is 5.32 Å². The Hall–Kier alpha value is -1.10. The van der Waals surface area contributed by atoms with E-state index in [9.17, 15) is 0 Å². The molecule has 0 bridgehead atoms. The van der Waals surface area contributed by atoms with Crippen molar-refractivity contribution in [1.82, 2.24) is 4.98 Å². The van der Waals surface area contributed by atoms with Crippen molar-refractivity contribution in [3.8, 4) is 0 Å². The molecule has 0 aliphatic heterocycles. The van der Waals surface area contributed by atoms with Crippen molar-refractivity contribution in [1.29, 1.82) is 0 Å². The van der Waals surface area contributed by atoms with E-state index in [0.29, 0.717) is 11.6 Å². The van der Waals surface area contributed by atoms with Crippen LogP contribution in [0.3, 0.4) is 0 Å². The Labute approximate surface area is 144 Å². The van der Waals surface area contributed by atoms with Gasteiger partial charge in [0.25, 0.3) is 0 Å². The normalized spacial score (nSPS) is 10.8. The average Bonchev–Trinajstić information content (AvgIpc) is 2.48. The lowest BCUT2D eigenvalue weighted by Crippen LogP contribution is -2.01. The lowest BCUT2D eigenvalue weighted by atomic mass is 10.1. The second kappa shape index (κ2) is 6.34. The molecular formula is C16H11Br2ClN2. The molecule has 1 N–H and O–H groups in total. The van der Waals surface area contributed by atoms with Gasteiger partial charge in [-0.15, -0.1) is 0 Å². The minimum absolute atomic E-state index is 0.669. The third-order valence-corrected chi connectivity index (χ3v) is 4.70. The van der Waals surface area contributed by atoms with E-state index in [1.54, 1.807) is 0 Å². The van der Waals surface area contributed by atoms with Crippen molar-refractivity contribution in [2.45, 2.75) is 6.54 Å². The molecule has 0 saturated heterocycles. The summed E-state index contributed by atoms with van der Waals surface area (Å²) in [5.41, 5.74) is 3.03. The van der Waals surface area contributed by atoms with Gasteiger partial charge in [-0.25, -0.2) is 0 Å². The fraction of sp³-hybridized carbons (Fsp3) is 0.0625. The predicted octanol–water partition coefficient (Wildman–Crippen LogP) is 6.03. The molecule has 2 nitrogen and oxygen atoms in total. The molecule has 5 heteroatoms. The van der Waals surface area contributed by atoms with Crippen LogP contribution < -0.4 is 5.32 Å². The van der Waals surface area contributed by atoms with Gasteiger partial charge in [-0.1, -0.05) is 55.6 Å². The quantitative estimate of drug-likeness (QED) is 0.553. The number of nitrogens with one attached hydrogen (secondary N) is 1. The van der Waals surface area contributed by atoms with E-state index in [2.05, 4.69) is 54.3 Å². The first-order chi connectivity index (χ1) is 10.1. The smallest absolute Gasteiger partial charge is 0.0763 e. The maximum absolute atomic E-state index is 6.22. The maximum atomic E-state index is 6.22. The molecule has 0 aliphatic carbocycles. The summed E-state index contributed by atoms with van der Waals surface area (Å²) in [6.07, 6.45) is 1.81. The van der Waals surface area contributed by atoms with E-state index in [1.165, 1.54) is 0 Å². The van der Waals surface area contributed by atoms with Gasteiger partial charge in [0.05, 0.1) is 16.2 Å². The summed E-state index contributed by atoms with van der Waals surface area (Å²) < 4.78 is 2.02. The van der Waals surface area contributed by atoms with Crippen LogP contribution in [0.25, 0.3) is 10.9 Å². The summed E-state index contributed by atoms with van der Waals surface area (Å²) in [7, 11) is 0. The van der Waals surface area contributed by atoms with E-state index in [4.69, 9.17) is 11.6 Å². The van der Waals surface area contributed by atoms with Crippen LogP contribution in [0.2, 0.25) is 5.02 Å². The van der Waals surface area contributed by atoms with Gasteiger partial charge in [0, 0.05) is 27.1 Å². The number of halogens is 3. The van der Waals surface area contributed by atoms with Crippen LogP contribution in [0.5, 0.6) is 0 Å². The number of anilines is 1. The minimum atomic E-state index is 0.669. The predicted molar refractivity (Wildman–Crippen MR) is 95.9 cm³/mol. The molecule has 21 heavy (non-hydrogen) atoms. The van der Waals surface area contributed by atoms with Gasteiger partial charge in [-0.05, 0) is 35.9 Å². The molecule has 1 aromatic heterocycles. The van der Waals surface area contributed by atoms with E-state index in [-0.39, 0.29) is 0 Å². The van der Waals surface area contributed by atoms with E-state index in [0.717, 1.165) is 31.1 Å². The topological polar surface area (TPSA) is 24.9 Å². The van der Waals surface area contributed by atoms with Crippen LogP contribution in [-0.4, -0.2) is 4.98 Å². The van der Waals surface area contributed by atoms with Gasteiger partial charge in [0.2, 0.25) is 0 Å². The molecule has 106 valence electrons. The average molecular weight is 427 g/mol. The number of nitrogens with zero attached hydrogens (tertiary/aromatic N) is 1. The number of rotatable bonds is 3. The van der Waals surface area contributed by atoms with Crippen molar-refractivity contribution in [3.05, 3.63) is 68.2 Å². The molecule has 0 fully saturated rings. The summed E-state index contributed by atoms with van der Waals surface area (Å²) in [5, 5.41) is 5.16. The van der Waals surface area contributed by atoms with Gasteiger partial charge in [0.1, 0.15) is 0 Å². The maximum Gasteiger partial charge on any atom is 0.0763 e. The summed E-state index contributed by atoms with van der Waals surface area (Å²) in [6.45, 7) is 0.669. The standard InChI is InChI=1S/C16H11Br2ClN2/c17-11-4-6-15(14(19)8-11)21-9-10-3-5-13(18)12-2-1-7-20-16(10)12/h1-8,21H,9H2. The van der Waals surface area contributed by atoms with Gasteiger partial charge in [-0.2, -0.15) is 0 Å². The third kappa shape index (κ3) is 3.23. The van der Waals surface area contributed by atoms with Crippen molar-refractivity contribution in [3.63, 3.8) is 0 Å². The lowest BCUT2D eigenvalue weighted by molar-refractivity contribution is 1.15. The van der Waals surface area contributed by atoms with Crippen LogP contribution in [0.15, 0.2) is 57.6 Å². The van der Waals surface area contributed by atoms with Crippen molar-refractivity contribution >= 4 is 60.1 Å². The summed E-state index contributed by atoms with van der Waals surface area (Å²) in [4.78, 5) is 4.48. The number of hydrogen-bond acceptors (Lipinski definition) is 2. The molecule has 0 atom stereocenters. The highest BCUT2D eigenvalue weighted by molar-refractivity contribution is 9.11. The highest BCUT2D eigenvalue weighted by Gasteiger charge is 2.06. The second-order valence-corrected chi connectivity index (χ2v) is 6.76. The van der Waals surface area contributed by atoms with Crippen molar-refractivity contribution in [2.24, 2.45) is 0 Å². The second-order valence-electron chi connectivity index (χ2n) is 4.58. The molecule has 0 unspecified atom stereocenters. The molecule has 0 spiro atoms. The molecule has 3 aromatic rings. The fourth-order valence-corrected chi connectivity index (χ4v) is 3.35. The lowest BCUT2D eigenvalue weighted by Gasteiger charge is -2.11. The Kier molecular flexibility index (Phi) is 4.48. The first-order valence-corrected chi connectivity index (χ1v) is 8.32. The minimum Gasteiger partial charge on any atom is -0.380 e. The SMILES string of the molecule is Clc1cc(Br)ccc1NCc1ccc(Br)c2cccnc12. The monoisotopic (exact) mass is 424 g/mol. The zero-order chi connectivity index (χ0) is 14.8. The zero-order valence-electron chi connectivity index (χ0n) is 10.9. The highest BCUT2D eigenvalue weighted by Crippen LogP contribution is 2.28. The van der Waals surface area contributed by atoms with Crippen LogP contribution in [0.4, 0.5) is 5.69 Å². The Bertz CT molecular complexity index is 805. The van der Waals surface area contributed by atoms with E-state index >= 15 is 0 Å². The Morgan fingerprint density at radius 3 is 2.76 bits per heavy atom. The zero-order valence-corrected chi connectivity index (χ0v) is 14.8. The molecule has 0 radical (unpaired) electrons. The Morgan fingerprint density at radius 2 is 1.95 bits per heavy atom. The number of fused-ring (bicyclic) bond motifs is 1. The summed E-state index contributed by atoms with van der Waals surface area (Å²) in [5.74, 6) is 0. The van der Waals surface area contributed by atoms with Gasteiger partial charge in [0.15, 0.2) is 0 Å². The Morgan fingerprint density at radius 1 is 1.10 bits per heavy atom. The van der Waals surface area contributed by atoms with Crippen LogP contribution in [0, 0.1) is 0 Å². The van der Waals surface area contributed by atoms with Gasteiger partial charge in [-0.3, -0.25) is 4.98 Å². The largest absolute Gasteiger partial charge is 0.380 e. The van der Waals surface area contributed by atoms with E-state index < -0.39 is 0 Å². The van der Waals surface area contributed by atoms with Crippen LogP contribution in [0.1, 0.15) is 5.56 Å². The molecule has 2 aromatic carbocycles. The summed E-state index contributed by atoms with van der Waals surface area (Å²) >= 11 is 13.2. The van der Waals surface area contributed by atoms with Crippen molar-refractivity contribution < 1.29 is 0 Å². The van der Waals surface area contributed by atoms with Crippen LogP contribution >= 0.6 is 43.5 Å². The molecular weight excluding hydrogens is 415 g/mol. The summed E-state index contributed by atoms with van der Waals surface area (Å²) in [6, 6.07) is 13.9. The molecule has 0 saturated carbocycles. The first-order valence-electron chi connectivity index (χ1n) is 6.36. The molecule has 3 rings (SSSR count). The number of hydrogen-bond donors (Lipinski definition) is 1.